The van der Waals surface area contributed by atoms with Crippen molar-refractivity contribution in [2.45, 2.75) is 13.8 Å². The van der Waals surface area contributed by atoms with Crippen LogP contribution in [0.3, 0.4) is 0 Å². The molecule has 0 aromatic heterocycles. The van der Waals surface area contributed by atoms with Crippen LogP contribution in [0.1, 0.15) is 12.5 Å². The molecular weight excluding hydrogens is 322 g/mol. The summed E-state index contributed by atoms with van der Waals surface area (Å²) in [5, 5.41) is 2.65. The van der Waals surface area contributed by atoms with E-state index >= 15 is 0 Å². The molecule has 6 heteroatoms. The summed E-state index contributed by atoms with van der Waals surface area (Å²) in [5.74, 6) is 0.0645. The van der Waals surface area contributed by atoms with Gasteiger partial charge in [-0.1, -0.05) is 29.8 Å². The maximum atomic E-state index is 11.9. The smallest absolute Gasteiger partial charge is 0.344 e. The molecule has 6 nitrogen and oxygen atoms in total. The highest BCUT2D eigenvalue weighted by Crippen LogP contribution is 2.23. The monoisotopic (exact) mass is 343 g/mol. The molecule has 0 unspecified atom stereocenters. The topological polar surface area (TPSA) is 73.9 Å². The maximum Gasteiger partial charge on any atom is 0.344 e. The molecule has 25 heavy (non-hydrogen) atoms. The van der Waals surface area contributed by atoms with E-state index in [2.05, 4.69) is 5.32 Å². The standard InChI is InChI=1S/C19H21NO5/c1-3-23-17-7-5-4-6-16(17)20-18(21)12-25-19(22)13-24-15-10-8-14(2)9-11-15/h4-11H,3,12-13H2,1-2H3,(H,20,21). The first-order chi connectivity index (χ1) is 12.1. The Morgan fingerprint density at radius 2 is 1.68 bits per heavy atom. The fourth-order valence-corrected chi connectivity index (χ4v) is 2.00. The van der Waals surface area contributed by atoms with E-state index in [1.807, 2.05) is 32.0 Å². The molecule has 1 amide bonds. The van der Waals surface area contributed by atoms with Crippen LogP contribution in [0.4, 0.5) is 5.69 Å². The molecular formula is C19H21NO5. The van der Waals surface area contributed by atoms with Crippen LogP contribution in [-0.4, -0.2) is 31.7 Å². The van der Waals surface area contributed by atoms with Crippen LogP contribution in [0.2, 0.25) is 0 Å². The van der Waals surface area contributed by atoms with Gasteiger partial charge in [0, 0.05) is 0 Å². The zero-order chi connectivity index (χ0) is 18.1. The largest absolute Gasteiger partial charge is 0.492 e. The lowest BCUT2D eigenvalue weighted by molar-refractivity contribution is -0.149. The molecule has 2 aromatic carbocycles. The molecule has 0 heterocycles. The molecule has 0 radical (unpaired) electrons. The van der Waals surface area contributed by atoms with Gasteiger partial charge in [-0.25, -0.2) is 4.79 Å². The molecule has 0 fully saturated rings. The number of para-hydroxylation sites is 2. The number of rotatable bonds is 8. The summed E-state index contributed by atoms with van der Waals surface area (Å²) in [6.45, 7) is 3.65. The highest BCUT2D eigenvalue weighted by Gasteiger charge is 2.11. The van der Waals surface area contributed by atoms with Gasteiger partial charge < -0.3 is 19.5 Å². The number of carbonyl (C=O) groups excluding carboxylic acids is 2. The van der Waals surface area contributed by atoms with Gasteiger partial charge in [0.05, 0.1) is 12.3 Å². The second-order valence-corrected chi connectivity index (χ2v) is 5.24. The molecule has 1 N–H and O–H groups in total. The van der Waals surface area contributed by atoms with E-state index in [4.69, 9.17) is 14.2 Å². The van der Waals surface area contributed by atoms with Crippen molar-refractivity contribution in [2.75, 3.05) is 25.1 Å². The molecule has 0 aliphatic rings. The Bertz CT molecular complexity index is 712. The van der Waals surface area contributed by atoms with Gasteiger partial charge in [0.2, 0.25) is 0 Å². The van der Waals surface area contributed by atoms with Crippen molar-refractivity contribution in [1.29, 1.82) is 0 Å². The van der Waals surface area contributed by atoms with Crippen molar-refractivity contribution in [3.8, 4) is 11.5 Å². The van der Waals surface area contributed by atoms with Crippen LogP contribution in [-0.2, 0) is 14.3 Å². The number of benzene rings is 2. The van der Waals surface area contributed by atoms with Gasteiger partial charge in [0.1, 0.15) is 11.5 Å². The van der Waals surface area contributed by atoms with Crippen LogP contribution in [0.5, 0.6) is 11.5 Å². The van der Waals surface area contributed by atoms with Crippen molar-refractivity contribution >= 4 is 17.6 Å². The Morgan fingerprint density at radius 1 is 0.960 bits per heavy atom. The average molecular weight is 343 g/mol. The number of nitrogens with one attached hydrogen (secondary N) is 1. The van der Waals surface area contributed by atoms with Crippen LogP contribution >= 0.6 is 0 Å². The fraction of sp³-hybridized carbons (Fsp3) is 0.263. The summed E-state index contributed by atoms with van der Waals surface area (Å²) in [7, 11) is 0. The number of esters is 1. The van der Waals surface area contributed by atoms with E-state index in [1.165, 1.54) is 0 Å². The molecule has 0 atom stereocenters. The maximum absolute atomic E-state index is 11.9. The summed E-state index contributed by atoms with van der Waals surface area (Å²) in [6, 6.07) is 14.3. The van der Waals surface area contributed by atoms with E-state index in [9.17, 15) is 9.59 Å². The number of hydrogen-bond donors (Lipinski definition) is 1. The number of ether oxygens (including phenoxy) is 3. The van der Waals surface area contributed by atoms with Crippen molar-refractivity contribution in [3.63, 3.8) is 0 Å². The number of hydrogen-bond acceptors (Lipinski definition) is 5. The van der Waals surface area contributed by atoms with E-state index in [0.29, 0.717) is 23.8 Å². The fourth-order valence-electron chi connectivity index (χ4n) is 2.00. The van der Waals surface area contributed by atoms with Crippen molar-refractivity contribution in [2.24, 2.45) is 0 Å². The first-order valence-corrected chi connectivity index (χ1v) is 7.95. The van der Waals surface area contributed by atoms with E-state index in [-0.39, 0.29) is 6.61 Å². The summed E-state index contributed by atoms with van der Waals surface area (Å²) in [5.41, 5.74) is 1.63. The predicted molar refractivity (Wildman–Crippen MR) is 93.9 cm³/mol. The van der Waals surface area contributed by atoms with Gasteiger partial charge in [-0.3, -0.25) is 4.79 Å². The van der Waals surface area contributed by atoms with Crippen LogP contribution < -0.4 is 14.8 Å². The number of anilines is 1. The second kappa shape index (κ2) is 9.32. The van der Waals surface area contributed by atoms with E-state index < -0.39 is 18.5 Å². The third-order valence-electron chi connectivity index (χ3n) is 3.20. The van der Waals surface area contributed by atoms with Crippen LogP contribution in [0.25, 0.3) is 0 Å². The van der Waals surface area contributed by atoms with Gasteiger partial charge in [0.15, 0.2) is 13.2 Å². The molecule has 0 bridgehead atoms. The Balaban J connectivity index is 1.76. The first-order valence-electron chi connectivity index (χ1n) is 7.95. The van der Waals surface area contributed by atoms with Gasteiger partial charge in [-0.2, -0.15) is 0 Å². The van der Waals surface area contributed by atoms with Gasteiger partial charge in [-0.15, -0.1) is 0 Å². The normalized spacial score (nSPS) is 10.0. The Kier molecular flexibility index (Phi) is 6.83. The first kappa shape index (κ1) is 18.3. The molecule has 2 rings (SSSR count). The average Bonchev–Trinajstić information content (AvgIpc) is 2.61. The van der Waals surface area contributed by atoms with Crippen LogP contribution in [0, 0.1) is 6.92 Å². The third kappa shape index (κ3) is 6.18. The zero-order valence-corrected chi connectivity index (χ0v) is 14.3. The van der Waals surface area contributed by atoms with Crippen molar-refractivity contribution < 1.29 is 23.8 Å². The minimum absolute atomic E-state index is 0.258. The molecule has 2 aromatic rings. The second-order valence-electron chi connectivity index (χ2n) is 5.24. The molecule has 0 spiro atoms. The predicted octanol–water partition coefficient (Wildman–Crippen LogP) is 2.95. The zero-order valence-electron chi connectivity index (χ0n) is 14.3. The minimum atomic E-state index is -0.617. The SMILES string of the molecule is CCOc1ccccc1NC(=O)COC(=O)COc1ccc(C)cc1. The summed E-state index contributed by atoms with van der Waals surface area (Å²) in [4.78, 5) is 23.6. The summed E-state index contributed by atoms with van der Waals surface area (Å²) >= 11 is 0. The lowest BCUT2D eigenvalue weighted by Gasteiger charge is -2.11. The molecule has 0 saturated carbocycles. The third-order valence-corrected chi connectivity index (χ3v) is 3.20. The van der Waals surface area contributed by atoms with E-state index in [1.54, 1.807) is 30.3 Å². The Morgan fingerprint density at radius 3 is 2.40 bits per heavy atom. The van der Waals surface area contributed by atoms with Crippen molar-refractivity contribution in [1.82, 2.24) is 0 Å². The van der Waals surface area contributed by atoms with Crippen molar-refractivity contribution in [3.05, 3.63) is 54.1 Å². The highest BCUT2D eigenvalue weighted by atomic mass is 16.6. The van der Waals surface area contributed by atoms with E-state index in [0.717, 1.165) is 5.56 Å². The van der Waals surface area contributed by atoms with Crippen LogP contribution in [0.15, 0.2) is 48.5 Å². The van der Waals surface area contributed by atoms with Gasteiger partial charge >= 0.3 is 5.97 Å². The number of carbonyl (C=O) groups is 2. The molecule has 0 saturated heterocycles. The molecule has 0 aliphatic heterocycles. The minimum Gasteiger partial charge on any atom is -0.492 e. The van der Waals surface area contributed by atoms with Gasteiger partial charge in [-0.05, 0) is 38.1 Å². The molecule has 132 valence electrons. The number of amides is 1. The molecule has 0 aliphatic carbocycles. The summed E-state index contributed by atoms with van der Waals surface area (Å²) in [6.07, 6.45) is 0. The van der Waals surface area contributed by atoms with Gasteiger partial charge in [0.25, 0.3) is 5.91 Å². The highest BCUT2D eigenvalue weighted by molar-refractivity contribution is 5.94. The lowest BCUT2D eigenvalue weighted by Crippen LogP contribution is -2.23. The lowest BCUT2D eigenvalue weighted by atomic mass is 10.2. The summed E-state index contributed by atoms with van der Waals surface area (Å²) < 4.78 is 15.6. The number of aryl methyl sites for hydroxylation is 1. The quantitative estimate of drug-likeness (QED) is 0.746. The Hall–Kier alpha value is -3.02. The Labute approximate surface area is 146 Å².